The maximum Gasteiger partial charge on any atom is 0.224 e. The third-order valence-electron chi connectivity index (χ3n) is 3.80. The highest BCUT2D eigenvalue weighted by molar-refractivity contribution is 5.79. The molecule has 2 aliphatic rings. The molecule has 2 saturated heterocycles. The molecule has 3 atom stereocenters. The quantitative estimate of drug-likeness (QED) is 0.789. The molecular formula is C14H18N2O2. The minimum Gasteiger partial charge on any atom is -0.399 e. The van der Waals surface area contributed by atoms with Crippen LogP contribution in [0.3, 0.4) is 0 Å². The van der Waals surface area contributed by atoms with Gasteiger partial charge in [0.15, 0.2) is 0 Å². The van der Waals surface area contributed by atoms with Gasteiger partial charge in [-0.05, 0) is 37.0 Å². The van der Waals surface area contributed by atoms with Gasteiger partial charge in [0, 0.05) is 5.69 Å². The van der Waals surface area contributed by atoms with E-state index in [4.69, 9.17) is 10.5 Å². The molecule has 3 unspecified atom stereocenters. The van der Waals surface area contributed by atoms with E-state index in [-0.39, 0.29) is 18.1 Å². The first-order chi connectivity index (χ1) is 8.70. The monoisotopic (exact) mass is 246 g/mol. The SMILES string of the molecule is Nc1ccc(CC(=O)NC2CC3CCC2O3)cc1. The lowest BCUT2D eigenvalue weighted by molar-refractivity contribution is -0.121. The molecule has 0 saturated carbocycles. The van der Waals surface area contributed by atoms with E-state index in [0.29, 0.717) is 12.5 Å². The van der Waals surface area contributed by atoms with Crippen molar-refractivity contribution in [2.75, 3.05) is 5.73 Å². The van der Waals surface area contributed by atoms with Crippen LogP contribution < -0.4 is 11.1 Å². The van der Waals surface area contributed by atoms with Gasteiger partial charge in [-0.1, -0.05) is 12.1 Å². The van der Waals surface area contributed by atoms with Crippen LogP contribution >= 0.6 is 0 Å². The molecule has 4 nitrogen and oxygen atoms in total. The van der Waals surface area contributed by atoms with Crippen LogP contribution in [0.5, 0.6) is 0 Å². The van der Waals surface area contributed by atoms with E-state index in [0.717, 1.165) is 30.5 Å². The Kier molecular flexibility index (Phi) is 2.96. The van der Waals surface area contributed by atoms with Crippen molar-refractivity contribution in [3.8, 4) is 0 Å². The summed E-state index contributed by atoms with van der Waals surface area (Å²) < 4.78 is 5.72. The highest BCUT2D eigenvalue weighted by Crippen LogP contribution is 2.34. The Labute approximate surface area is 107 Å². The summed E-state index contributed by atoms with van der Waals surface area (Å²) in [6.07, 6.45) is 4.22. The smallest absolute Gasteiger partial charge is 0.224 e. The average Bonchev–Trinajstić information content (AvgIpc) is 2.94. The zero-order valence-corrected chi connectivity index (χ0v) is 10.3. The van der Waals surface area contributed by atoms with E-state index >= 15 is 0 Å². The molecule has 0 aromatic heterocycles. The molecule has 0 spiro atoms. The zero-order chi connectivity index (χ0) is 12.5. The number of nitrogen functional groups attached to an aromatic ring is 1. The molecule has 1 aromatic rings. The molecule has 3 N–H and O–H groups in total. The van der Waals surface area contributed by atoms with Crippen LogP contribution in [0.1, 0.15) is 24.8 Å². The van der Waals surface area contributed by atoms with E-state index in [1.807, 2.05) is 24.3 Å². The van der Waals surface area contributed by atoms with E-state index in [1.165, 1.54) is 0 Å². The number of benzene rings is 1. The minimum atomic E-state index is 0.0703. The van der Waals surface area contributed by atoms with Crippen LogP contribution in [0.4, 0.5) is 5.69 Å². The minimum absolute atomic E-state index is 0.0703. The van der Waals surface area contributed by atoms with Crippen molar-refractivity contribution in [1.29, 1.82) is 0 Å². The first kappa shape index (κ1) is 11.5. The van der Waals surface area contributed by atoms with Crippen LogP contribution in [0, 0.1) is 0 Å². The van der Waals surface area contributed by atoms with Crippen molar-refractivity contribution >= 4 is 11.6 Å². The van der Waals surface area contributed by atoms with Crippen LogP contribution in [-0.2, 0) is 16.0 Å². The molecule has 2 bridgehead atoms. The summed E-state index contributed by atoms with van der Waals surface area (Å²) in [6, 6.07) is 7.65. The predicted molar refractivity (Wildman–Crippen MR) is 69.0 cm³/mol. The first-order valence-corrected chi connectivity index (χ1v) is 6.50. The van der Waals surface area contributed by atoms with E-state index in [1.54, 1.807) is 0 Å². The van der Waals surface area contributed by atoms with E-state index < -0.39 is 0 Å². The van der Waals surface area contributed by atoms with Crippen molar-refractivity contribution in [1.82, 2.24) is 5.32 Å². The molecule has 1 aromatic carbocycles. The fourth-order valence-corrected chi connectivity index (χ4v) is 2.87. The Morgan fingerprint density at radius 3 is 2.72 bits per heavy atom. The normalized spacial score (nSPS) is 29.4. The highest BCUT2D eigenvalue weighted by atomic mass is 16.5. The molecule has 18 heavy (non-hydrogen) atoms. The molecule has 96 valence electrons. The maximum absolute atomic E-state index is 11.9. The van der Waals surface area contributed by atoms with Gasteiger partial charge in [-0.3, -0.25) is 4.79 Å². The Morgan fingerprint density at radius 1 is 1.33 bits per heavy atom. The van der Waals surface area contributed by atoms with Gasteiger partial charge in [0.1, 0.15) is 0 Å². The van der Waals surface area contributed by atoms with Gasteiger partial charge >= 0.3 is 0 Å². The third-order valence-corrected chi connectivity index (χ3v) is 3.80. The molecule has 2 heterocycles. The number of carbonyl (C=O) groups is 1. The van der Waals surface area contributed by atoms with Gasteiger partial charge in [-0.15, -0.1) is 0 Å². The summed E-state index contributed by atoms with van der Waals surface area (Å²) in [7, 11) is 0. The Hall–Kier alpha value is -1.55. The first-order valence-electron chi connectivity index (χ1n) is 6.50. The zero-order valence-electron chi connectivity index (χ0n) is 10.3. The van der Waals surface area contributed by atoms with Gasteiger partial charge in [0.25, 0.3) is 0 Å². The number of amides is 1. The van der Waals surface area contributed by atoms with Gasteiger partial charge in [-0.25, -0.2) is 0 Å². The second kappa shape index (κ2) is 4.61. The second-order valence-electron chi connectivity index (χ2n) is 5.20. The highest BCUT2D eigenvalue weighted by Gasteiger charge is 2.41. The number of hydrogen-bond acceptors (Lipinski definition) is 3. The third kappa shape index (κ3) is 2.34. The van der Waals surface area contributed by atoms with Crippen molar-refractivity contribution in [3.05, 3.63) is 29.8 Å². The lowest BCUT2D eigenvalue weighted by Gasteiger charge is -2.20. The summed E-state index contributed by atoms with van der Waals surface area (Å²) in [5, 5.41) is 3.08. The van der Waals surface area contributed by atoms with Crippen LogP contribution in [0.15, 0.2) is 24.3 Å². The Balaban J connectivity index is 1.54. The van der Waals surface area contributed by atoms with Crippen molar-refractivity contribution in [3.63, 3.8) is 0 Å². The lowest BCUT2D eigenvalue weighted by atomic mass is 9.95. The number of carbonyl (C=O) groups excluding carboxylic acids is 1. The van der Waals surface area contributed by atoms with Gasteiger partial charge < -0.3 is 15.8 Å². The maximum atomic E-state index is 11.9. The number of nitrogens with one attached hydrogen (secondary N) is 1. The summed E-state index contributed by atoms with van der Waals surface area (Å²) in [5.74, 6) is 0.0703. The Morgan fingerprint density at radius 2 is 2.11 bits per heavy atom. The largest absolute Gasteiger partial charge is 0.399 e. The summed E-state index contributed by atoms with van der Waals surface area (Å²) in [4.78, 5) is 11.9. The number of hydrogen-bond donors (Lipinski definition) is 2. The second-order valence-corrected chi connectivity index (χ2v) is 5.20. The molecule has 4 heteroatoms. The van der Waals surface area contributed by atoms with Crippen LogP contribution in [0.2, 0.25) is 0 Å². The van der Waals surface area contributed by atoms with E-state index in [9.17, 15) is 4.79 Å². The molecule has 2 aliphatic heterocycles. The topological polar surface area (TPSA) is 64.4 Å². The average molecular weight is 246 g/mol. The standard InChI is InChI=1S/C14H18N2O2/c15-10-3-1-9(2-4-10)7-14(17)16-12-8-11-5-6-13(12)18-11/h1-4,11-13H,5-8,15H2,(H,16,17). The van der Waals surface area contributed by atoms with Crippen molar-refractivity contribution in [2.24, 2.45) is 0 Å². The molecule has 2 fully saturated rings. The van der Waals surface area contributed by atoms with E-state index in [2.05, 4.69) is 5.32 Å². The molecule has 0 radical (unpaired) electrons. The summed E-state index contributed by atoms with van der Waals surface area (Å²) >= 11 is 0. The number of ether oxygens (including phenoxy) is 1. The lowest BCUT2D eigenvalue weighted by Crippen LogP contribution is -2.42. The van der Waals surface area contributed by atoms with Gasteiger partial charge in [0.2, 0.25) is 5.91 Å². The van der Waals surface area contributed by atoms with Gasteiger partial charge in [0.05, 0.1) is 24.7 Å². The number of nitrogens with two attached hydrogens (primary N) is 1. The fraction of sp³-hybridized carbons (Fsp3) is 0.500. The molecule has 3 rings (SSSR count). The molecule has 1 amide bonds. The molecule has 0 aliphatic carbocycles. The van der Waals surface area contributed by atoms with Gasteiger partial charge in [-0.2, -0.15) is 0 Å². The molecular weight excluding hydrogens is 228 g/mol. The van der Waals surface area contributed by atoms with Crippen LogP contribution in [0.25, 0.3) is 0 Å². The summed E-state index contributed by atoms with van der Waals surface area (Å²) in [5.41, 5.74) is 7.33. The van der Waals surface area contributed by atoms with Crippen molar-refractivity contribution in [2.45, 2.75) is 43.9 Å². The fourth-order valence-electron chi connectivity index (χ4n) is 2.87. The number of rotatable bonds is 3. The summed E-state index contributed by atoms with van der Waals surface area (Å²) in [6.45, 7) is 0. The predicted octanol–water partition coefficient (Wildman–Crippen LogP) is 1.25. The van der Waals surface area contributed by atoms with Crippen molar-refractivity contribution < 1.29 is 9.53 Å². The number of fused-ring (bicyclic) bond motifs is 2. The number of anilines is 1. The van der Waals surface area contributed by atoms with Crippen LogP contribution in [-0.4, -0.2) is 24.2 Å². The Bertz CT molecular complexity index is 444.